The molecule has 1 fully saturated rings. The maximum atomic E-state index is 15.0. The second-order valence-corrected chi connectivity index (χ2v) is 8.13. The number of nitrogens with two attached hydrogens (primary N) is 1. The number of ether oxygens (including phenoxy) is 1. The van der Waals surface area contributed by atoms with Crippen molar-refractivity contribution in [2.45, 2.75) is 45.1 Å². The van der Waals surface area contributed by atoms with Crippen LogP contribution in [-0.2, 0) is 20.9 Å². The first-order chi connectivity index (χ1) is 15.8. The van der Waals surface area contributed by atoms with E-state index in [-0.39, 0.29) is 30.8 Å². The molecule has 1 saturated heterocycles. The van der Waals surface area contributed by atoms with Crippen LogP contribution < -0.4 is 10.6 Å². The van der Waals surface area contributed by atoms with E-state index in [1.165, 1.54) is 6.07 Å². The van der Waals surface area contributed by atoms with Crippen molar-refractivity contribution in [2.75, 3.05) is 18.0 Å². The van der Waals surface area contributed by atoms with E-state index in [9.17, 15) is 14.0 Å². The molecule has 0 saturated carbocycles. The summed E-state index contributed by atoms with van der Waals surface area (Å²) >= 11 is 0. The Balaban J connectivity index is 1.58. The molecule has 0 spiro atoms. The summed E-state index contributed by atoms with van der Waals surface area (Å²) in [6.07, 6.45) is 6.56. The molecule has 1 aliphatic heterocycles. The molecule has 1 aromatic heterocycles. The SMILES string of the molecule is N=C(N)CC(=O)OCc1cccc(-c2cnc(N3CCC(CCCC(=O)O)CC3)nc2)c1F. The summed E-state index contributed by atoms with van der Waals surface area (Å²) in [6.45, 7) is 1.34. The molecule has 1 aliphatic rings. The average molecular weight is 458 g/mol. The van der Waals surface area contributed by atoms with Gasteiger partial charge in [-0.15, -0.1) is 0 Å². The molecule has 9 nitrogen and oxygen atoms in total. The highest BCUT2D eigenvalue weighted by molar-refractivity contribution is 5.94. The molecule has 2 aromatic rings. The van der Waals surface area contributed by atoms with Crippen molar-refractivity contribution in [1.82, 2.24) is 9.97 Å². The van der Waals surface area contributed by atoms with Crippen molar-refractivity contribution in [3.63, 3.8) is 0 Å². The number of aromatic nitrogens is 2. The van der Waals surface area contributed by atoms with Gasteiger partial charge < -0.3 is 20.5 Å². The first-order valence-electron chi connectivity index (χ1n) is 10.9. The Morgan fingerprint density at radius 3 is 2.58 bits per heavy atom. The Kier molecular flexibility index (Phi) is 8.28. The molecule has 0 unspecified atom stereocenters. The number of piperidine rings is 1. The number of nitrogens with one attached hydrogen (secondary N) is 1. The summed E-state index contributed by atoms with van der Waals surface area (Å²) < 4.78 is 19.9. The summed E-state index contributed by atoms with van der Waals surface area (Å²) in [5.74, 6) is -1.18. The number of amidine groups is 1. The van der Waals surface area contributed by atoms with Crippen LogP contribution in [0.5, 0.6) is 0 Å². The average Bonchev–Trinajstić information content (AvgIpc) is 2.78. The zero-order valence-electron chi connectivity index (χ0n) is 18.3. The smallest absolute Gasteiger partial charge is 0.313 e. The number of anilines is 1. The molecule has 2 heterocycles. The summed E-state index contributed by atoms with van der Waals surface area (Å²) in [6, 6.07) is 4.79. The number of carboxylic acid groups (broad SMARTS) is 1. The number of rotatable bonds is 10. The predicted molar refractivity (Wildman–Crippen MR) is 120 cm³/mol. The van der Waals surface area contributed by atoms with E-state index in [1.807, 2.05) is 0 Å². The highest BCUT2D eigenvalue weighted by Gasteiger charge is 2.21. The van der Waals surface area contributed by atoms with Crippen LogP contribution in [0.25, 0.3) is 11.1 Å². The molecule has 0 atom stereocenters. The second kappa shape index (κ2) is 11.3. The minimum absolute atomic E-state index is 0.207. The number of halogens is 1. The van der Waals surface area contributed by atoms with Gasteiger partial charge in [0.15, 0.2) is 0 Å². The number of carboxylic acids is 1. The first-order valence-corrected chi connectivity index (χ1v) is 10.9. The number of carbonyl (C=O) groups excluding carboxylic acids is 1. The Hall–Kier alpha value is -3.56. The molecule has 176 valence electrons. The van der Waals surface area contributed by atoms with Gasteiger partial charge in [0.1, 0.15) is 24.7 Å². The Morgan fingerprint density at radius 1 is 1.24 bits per heavy atom. The number of aliphatic carboxylic acids is 1. The van der Waals surface area contributed by atoms with Gasteiger partial charge in [0.05, 0.1) is 0 Å². The largest absolute Gasteiger partial charge is 0.481 e. The fourth-order valence-electron chi connectivity index (χ4n) is 3.87. The lowest BCUT2D eigenvalue weighted by atomic mass is 9.92. The van der Waals surface area contributed by atoms with Crippen molar-refractivity contribution >= 4 is 23.7 Å². The summed E-state index contributed by atoms with van der Waals surface area (Å²) in [4.78, 5) is 33.1. The van der Waals surface area contributed by atoms with Crippen molar-refractivity contribution in [1.29, 1.82) is 5.41 Å². The monoisotopic (exact) mass is 457 g/mol. The van der Waals surface area contributed by atoms with Crippen molar-refractivity contribution in [3.8, 4) is 11.1 Å². The van der Waals surface area contributed by atoms with E-state index in [4.69, 9.17) is 21.0 Å². The van der Waals surface area contributed by atoms with Crippen LogP contribution in [0.4, 0.5) is 10.3 Å². The van der Waals surface area contributed by atoms with E-state index in [0.29, 0.717) is 29.4 Å². The minimum atomic E-state index is -0.753. The van der Waals surface area contributed by atoms with E-state index < -0.39 is 17.8 Å². The zero-order chi connectivity index (χ0) is 23.8. The number of nitrogens with zero attached hydrogens (tertiary/aromatic N) is 3. The fraction of sp³-hybridized carbons (Fsp3) is 0.435. The number of benzene rings is 1. The highest BCUT2D eigenvalue weighted by atomic mass is 19.1. The number of hydrogen-bond acceptors (Lipinski definition) is 7. The van der Waals surface area contributed by atoms with E-state index in [0.717, 1.165) is 32.4 Å². The van der Waals surface area contributed by atoms with Gasteiger partial charge in [0, 0.05) is 48.6 Å². The van der Waals surface area contributed by atoms with Gasteiger partial charge in [0.25, 0.3) is 0 Å². The molecular formula is C23H28FN5O4. The number of carbonyl (C=O) groups is 2. The van der Waals surface area contributed by atoms with E-state index in [1.54, 1.807) is 24.5 Å². The minimum Gasteiger partial charge on any atom is -0.481 e. The molecule has 0 amide bonds. The van der Waals surface area contributed by atoms with Crippen LogP contribution in [-0.4, -0.2) is 45.9 Å². The van der Waals surface area contributed by atoms with Gasteiger partial charge in [-0.3, -0.25) is 15.0 Å². The van der Waals surface area contributed by atoms with Crippen LogP contribution in [0, 0.1) is 17.1 Å². The molecule has 33 heavy (non-hydrogen) atoms. The molecule has 0 radical (unpaired) electrons. The van der Waals surface area contributed by atoms with Crippen LogP contribution in [0.1, 0.15) is 44.1 Å². The third-order valence-electron chi connectivity index (χ3n) is 5.65. The van der Waals surface area contributed by atoms with Crippen LogP contribution in [0.2, 0.25) is 0 Å². The molecular weight excluding hydrogens is 429 g/mol. The molecule has 0 aliphatic carbocycles. The van der Waals surface area contributed by atoms with Gasteiger partial charge in [-0.25, -0.2) is 14.4 Å². The van der Waals surface area contributed by atoms with Crippen LogP contribution in [0.15, 0.2) is 30.6 Å². The topological polar surface area (TPSA) is 142 Å². The quantitative estimate of drug-likeness (QED) is 0.281. The van der Waals surface area contributed by atoms with Gasteiger partial charge in [-0.2, -0.15) is 0 Å². The van der Waals surface area contributed by atoms with Crippen molar-refractivity contribution in [2.24, 2.45) is 11.7 Å². The second-order valence-electron chi connectivity index (χ2n) is 8.13. The van der Waals surface area contributed by atoms with Crippen LogP contribution in [0.3, 0.4) is 0 Å². The molecule has 4 N–H and O–H groups in total. The molecule has 1 aromatic carbocycles. The van der Waals surface area contributed by atoms with Crippen molar-refractivity contribution in [3.05, 3.63) is 42.0 Å². The van der Waals surface area contributed by atoms with Gasteiger partial charge in [0.2, 0.25) is 5.95 Å². The third-order valence-corrected chi connectivity index (χ3v) is 5.65. The molecule has 0 bridgehead atoms. The standard InChI is InChI=1S/C23H28FN5O4/c24-22-16(14-33-21(32)11-19(25)26)4-2-5-18(22)17-12-27-23(28-13-17)29-9-7-15(8-10-29)3-1-6-20(30)31/h2,4-5,12-13,15H,1,3,6-11,14H2,(H3,25,26)(H,30,31). The first kappa shape index (κ1) is 24.1. The highest BCUT2D eigenvalue weighted by Crippen LogP contribution is 2.27. The van der Waals surface area contributed by atoms with Gasteiger partial charge in [-0.05, 0) is 31.6 Å². The van der Waals surface area contributed by atoms with Crippen LogP contribution >= 0.6 is 0 Å². The Labute approximate surface area is 191 Å². The summed E-state index contributed by atoms with van der Waals surface area (Å²) in [5, 5.41) is 15.9. The van der Waals surface area contributed by atoms with Gasteiger partial charge >= 0.3 is 11.9 Å². The van der Waals surface area contributed by atoms with E-state index in [2.05, 4.69) is 14.9 Å². The summed E-state index contributed by atoms with van der Waals surface area (Å²) in [7, 11) is 0. The lowest BCUT2D eigenvalue weighted by molar-refractivity contribution is -0.143. The lowest BCUT2D eigenvalue weighted by Gasteiger charge is -2.32. The maximum Gasteiger partial charge on any atom is 0.313 e. The normalized spacial score (nSPS) is 14.2. The summed E-state index contributed by atoms with van der Waals surface area (Å²) in [5.41, 5.74) is 6.19. The zero-order valence-corrected chi connectivity index (χ0v) is 18.3. The number of esters is 1. The third kappa shape index (κ3) is 6.96. The maximum absolute atomic E-state index is 15.0. The van der Waals surface area contributed by atoms with E-state index >= 15 is 0 Å². The van der Waals surface area contributed by atoms with Gasteiger partial charge in [-0.1, -0.05) is 18.2 Å². The predicted octanol–water partition coefficient (Wildman–Crippen LogP) is 3.12. The molecule has 10 heteroatoms. The Bertz CT molecular complexity index is 991. The molecule has 3 rings (SSSR count). The van der Waals surface area contributed by atoms with Crippen molar-refractivity contribution < 1.29 is 23.8 Å². The number of hydrogen-bond donors (Lipinski definition) is 3. The Morgan fingerprint density at radius 2 is 1.94 bits per heavy atom. The fourth-order valence-corrected chi connectivity index (χ4v) is 3.87. The lowest BCUT2D eigenvalue weighted by Crippen LogP contribution is -2.34.